The molecule has 0 atom stereocenters. The van der Waals surface area contributed by atoms with Gasteiger partial charge < -0.3 is 19.5 Å². The predicted octanol–water partition coefficient (Wildman–Crippen LogP) is 3.63. The van der Waals surface area contributed by atoms with Crippen LogP contribution in [0.2, 0.25) is 10.0 Å². The zero-order chi connectivity index (χ0) is 19.5. The van der Waals surface area contributed by atoms with Crippen LogP contribution in [0.1, 0.15) is 12.8 Å². The van der Waals surface area contributed by atoms with Crippen LogP contribution in [-0.4, -0.2) is 56.9 Å². The van der Waals surface area contributed by atoms with E-state index in [1.54, 1.807) is 24.7 Å². The van der Waals surface area contributed by atoms with Crippen molar-refractivity contribution in [2.24, 2.45) is 7.05 Å². The third kappa shape index (κ3) is 4.32. The molecule has 1 aliphatic rings. The van der Waals surface area contributed by atoms with Crippen molar-refractivity contribution in [3.05, 3.63) is 40.8 Å². The van der Waals surface area contributed by atoms with Gasteiger partial charge in [-0.2, -0.15) is 5.10 Å². The van der Waals surface area contributed by atoms with Crippen molar-refractivity contribution in [3.8, 4) is 5.75 Å². The van der Waals surface area contributed by atoms with Gasteiger partial charge >= 0.3 is 0 Å². The first-order chi connectivity index (χ1) is 13.6. The molecule has 7 nitrogen and oxygen atoms in total. The number of fused-ring (bicyclic) bond motifs is 1. The SMILES string of the molecule is Cn1cnc2c(NCCN3CCC(Oc4ccc(Cl)c(Cl)c4)CC3)nncc21. The van der Waals surface area contributed by atoms with Gasteiger partial charge in [-0.25, -0.2) is 4.98 Å². The normalized spacial score (nSPS) is 15.8. The first-order valence-electron chi connectivity index (χ1n) is 9.31. The molecule has 3 aromatic rings. The minimum Gasteiger partial charge on any atom is -0.490 e. The van der Waals surface area contributed by atoms with Crippen molar-refractivity contribution < 1.29 is 4.74 Å². The average molecular weight is 421 g/mol. The Kier molecular flexibility index (Phi) is 5.85. The first-order valence-corrected chi connectivity index (χ1v) is 10.1. The van der Waals surface area contributed by atoms with Gasteiger partial charge in [0.05, 0.1) is 28.1 Å². The maximum absolute atomic E-state index is 6.06. The number of hydrogen-bond acceptors (Lipinski definition) is 6. The first kappa shape index (κ1) is 19.2. The maximum Gasteiger partial charge on any atom is 0.176 e. The van der Waals surface area contributed by atoms with E-state index in [0.29, 0.717) is 10.0 Å². The Morgan fingerprint density at radius 2 is 2.04 bits per heavy atom. The van der Waals surface area contributed by atoms with Gasteiger partial charge in [-0.05, 0) is 25.0 Å². The number of halogens is 2. The lowest BCUT2D eigenvalue weighted by molar-refractivity contribution is 0.103. The molecule has 1 saturated heterocycles. The number of nitrogens with zero attached hydrogens (tertiary/aromatic N) is 5. The standard InChI is InChI=1S/C19H22Cl2N6O/c1-26-12-23-18-17(26)11-24-25-19(18)22-6-9-27-7-4-13(5-8-27)28-14-2-3-15(20)16(21)10-14/h2-3,10-13H,4-9H2,1H3,(H,22,25). The van der Waals surface area contributed by atoms with E-state index in [1.807, 2.05) is 17.7 Å². The lowest BCUT2D eigenvalue weighted by atomic mass is 10.1. The summed E-state index contributed by atoms with van der Waals surface area (Å²) in [6.45, 7) is 3.72. The van der Waals surface area contributed by atoms with Crippen molar-refractivity contribution in [3.63, 3.8) is 0 Å². The number of anilines is 1. The van der Waals surface area contributed by atoms with E-state index in [0.717, 1.165) is 61.6 Å². The molecule has 3 heterocycles. The summed E-state index contributed by atoms with van der Waals surface area (Å²) in [5, 5.41) is 12.7. The van der Waals surface area contributed by atoms with Gasteiger partial charge in [0.2, 0.25) is 0 Å². The number of aryl methyl sites for hydroxylation is 1. The number of imidazole rings is 1. The summed E-state index contributed by atoms with van der Waals surface area (Å²) in [4.78, 5) is 6.82. The highest BCUT2D eigenvalue weighted by molar-refractivity contribution is 6.42. The minimum atomic E-state index is 0.203. The second kappa shape index (κ2) is 8.51. The van der Waals surface area contributed by atoms with E-state index < -0.39 is 0 Å². The Hall–Kier alpha value is -2.09. The number of aromatic nitrogens is 4. The van der Waals surface area contributed by atoms with E-state index >= 15 is 0 Å². The van der Waals surface area contributed by atoms with Gasteiger partial charge in [-0.1, -0.05) is 23.2 Å². The van der Waals surface area contributed by atoms with E-state index in [4.69, 9.17) is 27.9 Å². The Bertz CT molecular complexity index is 955. The quantitative estimate of drug-likeness (QED) is 0.656. The number of likely N-dealkylation sites (tertiary alicyclic amines) is 1. The molecule has 1 N–H and O–H groups in total. The largest absolute Gasteiger partial charge is 0.490 e. The third-order valence-electron chi connectivity index (χ3n) is 4.99. The highest BCUT2D eigenvalue weighted by Gasteiger charge is 2.20. The average Bonchev–Trinajstić information content (AvgIpc) is 3.08. The Morgan fingerprint density at radius 1 is 1.21 bits per heavy atom. The van der Waals surface area contributed by atoms with Gasteiger partial charge in [-0.15, -0.1) is 5.10 Å². The molecule has 2 aromatic heterocycles. The molecular weight excluding hydrogens is 399 g/mol. The number of hydrogen-bond donors (Lipinski definition) is 1. The van der Waals surface area contributed by atoms with Crippen molar-refractivity contribution in [1.29, 1.82) is 0 Å². The molecule has 0 unspecified atom stereocenters. The summed E-state index contributed by atoms with van der Waals surface area (Å²) < 4.78 is 7.99. The van der Waals surface area contributed by atoms with Crippen LogP contribution < -0.4 is 10.1 Å². The lowest BCUT2D eigenvalue weighted by Crippen LogP contribution is -2.40. The topological polar surface area (TPSA) is 68.1 Å². The molecule has 0 radical (unpaired) electrons. The Morgan fingerprint density at radius 3 is 2.82 bits per heavy atom. The molecule has 28 heavy (non-hydrogen) atoms. The van der Waals surface area contributed by atoms with E-state index in [-0.39, 0.29) is 6.10 Å². The number of benzene rings is 1. The summed E-state index contributed by atoms with van der Waals surface area (Å²) in [5.74, 6) is 1.51. The zero-order valence-corrected chi connectivity index (χ0v) is 17.1. The summed E-state index contributed by atoms with van der Waals surface area (Å²) >= 11 is 12.0. The van der Waals surface area contributed by atoms with Crippen molar-refractivity contribution >= 4 is 40.1 Å². The molecular formula is C19H22Cl2N6O. The van der Waals surface area contributed by atoms with Crippen LogP contribution in [0.3, 0.4) is 0 Å². The Labute approximate surface area is 173 Å². The van der Waals surface area contributed by atoms with Gasteiger partial charge in [0.15, 0.2) is 5.82 Å². The van der Waals surface area contributed by atoms with Crippen molar-refractivity contribution in [2.45, 2.75) is 18.9 Å². The van der Waals surface area contributed by atoms with E-state index in [2.05, 4.69) is 25.4 Å². The van der Waals surface area contributed by atoms with Gasteiger partial charge in [0, 0.05) is 39.3 Å². The molecule has 0 bridgehead atoms. The number of nitrogens with one attached hydrogen (secondary N) is 1. The molecule has 1 aliphatic heterocycles. The molecule has 1 fully saturated rings. The second-order valence-electron chi connectivity index (χ2n) is 6.94. The zero-order valence-electron chi connectivity index (χ0n) is 15.6. The smallest absolute Gasteiger partial charge is 0.176 e. The molecule has 0 spiro atoms. The fourth-order valence-corrected chi connectivity index (χ4v) is 3.70. The minimum absolute atomic E-state index is 0.203. The van der Waals surface area contributed by atoms with Gasteiger partial charge in [-0.3, -0.25) is 0 Å². The van der Waals surface area contributed by atoms with Crippen molar-refractivity contribution in [2.75, 3.05) is 31.5 Å². The predicted molar refractivity (Wildman–Crippen MR) is 111 cm³/mol. The fourth-order valence-electron chi connectivity index (χ4n) is 3.41. The van der Waals surface area contributed by atoms with Crippen LogP contribution in [0.25, 0.3) is 11.0 Å². The van der Waals surface area contributed by atoms with Crippen LogP contribution in [-0.2, 0) is 7.05 Å². The molecule has 148 valence electrons. The fraction of sp³-hybridized carbons (Fsp3) is 0.421. The highest BCUT2D eigenvalue weighted by Crippen LogP contribution is 2.28. The van der Waals surface area contributed by atoms with Crippen LogP contribution in [0.15, 0.2) is 30.7 Å². The summed E-state index contributed by atoms with van der Waals surface area (Å²) in [6, 6.07) is 5.41. The van der Waals surface area contributed by atoms with Crippen LogP contribution in [0.4, 0.5) is 5.82 Å². The lowest BCUT2D eigenvalue weighted by Gasteiger charge is -2.32. The maximum atomic E-state index is 6.06. The second-order valence-corrected chi connectivity index (χ2v) is 7.76. The monoisotopic (exact) mass is 420 g/mol. The van der Waals surface area contributed by atoms with Crippen LogP contribution in [0, 0.1) is 0 Å². The number of ether oxygens (including phenoxy) is 1. The molecule has 0 saturated carbocycles. The van der Waals surface area contributed by atoms with Gasteiger partial charge in [0.25, 0.3) is 0 Å². The number of piperidine rings is 1. The molecule has 9 heteroatoms. The summed E-state index contributed by atoms with van der Waals surface area (Å²) in [7, 11) is 1.95. The molecule has 1 aromatic carbocycles. The summed E-state index contributed by atoms with van der Waals surface area (Å²) in [5.41, 5.74) is 1.82. The molecule has 0 amide bonds. The van der Waals surface area contributed by atoms with E-state index in [1.165, 1.54) is 0 Å². The van der Waals surface area contributed by atoms with Gasteiger partial charge in [0.1, 0.15) is 17.4 Å². The number of rotatable bonds is 6. The summed E-state index contributed by atoms with van der Waals surface area (Å²) in [6.07, 6.45) is 5.67. The van der Waals surface area contributed by atoms with Crippen LogP contribution in [0.5, 0.6) is 5.75 Å². The Balaban J connectivity index is 1.24. The highest BCUT2D eigenvalue weighted by atomic mass is 35.5. The van der Waals surface area contributed by atoms with Crippen LogP contribution >= 0.6 is 23.2 Å². The molecule has 4 rings (SSSR count). The van der Waals surface area contributed by atoms with E-state index in [9.17, 15) is 0 Å². The third-order valence-corrected chi connectivity index (χ3v) is 5.73. The van der Waals surface area contributed by atoms with Crippen molar-refractivity contribution in [1.82, 2.24) is 24.6 Å². The molecule has 0 aliphatic carbocycles.